The van der Waals surface area contributed by atoms with Gasteiger partial charge in [0.25, 0.3) is 5.69 Å². The molecular formula is C11H13BrN2O6S. The van der Waals surface area contributed by atoms with Crippen LogP contribution in [0.15, 0.2) is 27.6 Å². The first-order chi connectivity index (χ1) is 9.77. The van der Waals surface area contributed by atoms with Gasteiger partial charge in [-0.1, -0.05) is 15.9 Å². The third-order valence-electron chi connectivity index (χ3n) is 2.49. The van der Waals surface area contributed by atoms with Gasteiger partial charge in [0.2, 0.25) is 10.0 Å². The van der Waals surface area contributed by atoms with Crippen LogP contribution in [-0.4, -0.2) is 33.0 Å². The van der Waals surface area contributed by atoms with E-state index in [9.17, 15) is 23.3 Å². The normalized spacial score (nSPS) is 11.1. The molecule has 21 heavy (non-hydrogen) atoms. The number of halogens is 1. The van der Waals surface area contributed by atoms with Crippen LogP contribution >= 0.6 is 15.9 Å². The predicted octanol–water partition coefficient (Wildman–Crippen LogP) is 1.59. The van der Waals surface area contributed by atoms with E-state index in [1.807, 2.05) is 0 Å². The fourth-order valence-electron chi connectivity index (χ4n) is 1.47. The molecule has 0 spiro atoms. The Labute approximate surface area is 129 Å². The monoisotopic (exact) mass is 380 g/mol. The van der Waals surface area contributed by atoms with Gasteiger partial charge in [-0.2, -0.15) is 0 Å². The first kappa shape index (κ1) is 17.5. The van der Waals surface area contributed by atoms with Gasteiger partial charge in [-0.3, -0.25) is 14.9 Å². The maximum Gasteiger partial charge on any atom is 0.305 e. The summed E-state index contributed by atoms with van der Waals surface area (Å²) in [6.45, 7) is -0.0267. The van der Waals surface area contributed by atoms with Crippen LogP contribution in [0.4, 0.5) is 5.69 Å². The van der Waals surface area contributed by atoms with Crippen molar-refractivity contribution in [2.24, 2.45) is 0 Å². The van der Waals surface area contributed by atoms with E-state index in [0.29, 0.717) is 4.47 Å². The number of rotatable bonds is 7. The summed E-state index contributed by atoms with van der Waals surface area (Å²) in [7, 11) is -2.80. The lowest BCUT2D eigenvalue weighted by molar-refractivity contribution is -0.387. The molecule has 0 unspecified atom stereocenters. The van der Waals surface area contributed by atoms with E-state index in [4.69, 9.17) is 0 Å². The molecule has 0 aliphatic rings. The Hall–Kier alpha value is -1.52. The number of sulfonamides is 1. The number of hydrogen-bond acceptors (Lipinski definition) is 6. The molecule has 0 aliphatic carbocycles. The van der Waals surface area contributed by atoms with Gasteiger partial charge < -0.3 is 4.74 Å². The van der Waals surface area contributed by atoms with Gasteiger partial charge in [-0.15, -0.1) is 0 Å². The maximum atomic E-state index is 12.1. The van der Waals surface area contributed by atoms with Gasteiger partial charge >= 0.3 is 5.97 Å². The maximum absolute atomic E-state index is 12.1. The van der Waals surface area contributed by atoms with Crippen LogP contribution in [0, 0.1) is 10.1 Å². The first-order valence-corrected chi connectivity index (χ1v) is 8.06. The van der Waals surface area contributed by atoms with Gasteiger partial charge in [-0.05, 0) is 18.6 Å². The second-order valence-corrected chi connectivity index (χ2v) is 6.60. The number of methoxy groups -OCH3 is 1. The molecule has 0 saturated heterocycles. The second kappa shape index (κ2) is 7.48. The zero-order valence-electron chi connectivity index (χ0n) is 11.0. The molecule has 116 valence electrons. The first-order valence-electron chi connectivity index (χ1n) is 5.78. The number of carbonyl (C=O) groups excluding carboxylic acids is 1. The molecule has 0 fully saturated rings. The molecule has 0 aromatic heterocycles. The predicted molar refractivity (Wildman–Crippen MR) is 77.2 cm³/mol. The van der Waals surface area contributed by atoms with E-state index in [2.05, 4.69) is 25.4 Å². The number of nitro benzene ring substituents is 1. The quantitative estimate of drug-likeness (QED) is 0.332. The van der Waals surface area contributed by atoms with Crippen molar-refractivity contribution in [3.8, 4) is 0 Å². The standard InChI is InChI=1S/C11H13BrN2O6S/c1-20-11(15)3-2-6-13-21(18,19)10-7-8(12)4-5-9(10)14(16)17/h4-5,7,13H,2-3,6H2,1H3. The number of benzene rings is 1. The minimum absolute atomic E-state index is 0.0267. The second-order valence-electron chi connectivity index (χ2n) is 3.95. The third kappa shape index (κ3) is 5.06. The van der Waals surface area contributed by atoms with Crippen LogP contribution < -0.4 is 4.72 Å². The number of esters is 1. The summed E-state index contributed by atoms with van der Waals surface area (Å²) < 4.78 is 31.2. The molecule has 1 rings (SSSR count). The van der Waals surface area contributed by atoms with Crippen LogP contribution in [-0.2, 0) is 19.6 Å². The summed E-state index contributed by atoms with van der Waals surface area (Å²) >= 11 is 3.07. The topological polar surface area (TPSA) is 116 Å². The molecule has 0 heterocycles. The van der Waals surface area contributed by atoms with E-state index >= 15 is 0 Å². The van der Waals surface area contributed by atoms with Crippen molar-refractivity contribution in [1.29, 1.82) is 0 Å². The highest BCUT2D eigenvalue weighted by Crippen LogP contribution is 2.26. The van der Waals surface area contributed by atoms with Crippen LogP contribution in [0.2, 0.25) is 0 Å². The summed E-state index contributed by atoms with van der Waals surface area (Å²) in [6, 6.07) is 3.64. The Bertz CT molecular complexity index is 646. The molecule has 10 heteroatoms. The molecule has 0 radical (unpaired) electrons. The van der Waals surface area contributed by atoms with Crippen molar-refractivity contribution in [1.82, 2.24) is 4.72 Å². The van der Waals surface area contributed by atoms with Gasteiger partial charge in [0, 0.05) is 23.5 Å². The summed E-state index contributed by atoms with van der Waals surface area (Å²) in [6.07, 6.45) is 0.285. The number of carbonyl (C=O) groups is 1. The lowest BCUT2D eigenvalue weighted by Gasteiger charge is -2.07. The minimum Gasteiger partial charge on any atom is -0.469 e. The molecule has 1 aromatic carbocycles. The number of nitrogens with zero attached hydrogens (tertiary/aromatic N) is 1. The van der Waals surface area contributed by atoms with Gasteiger partial charge in [0.05, 0.1) is 12.0 Å². The SMILES string of the molecule is COC(=O)CCCNS(=O)(=O)c1cc(Br)ccc1[N+](=O)[O-]. The van der Waals surface area contributed by atoms with Crippen LogP contribution in [0.1, 0.15) is 12.8 Å². The highest BCUT2D eigenvalue weighted by atomic mass is 79.9. The highest BCUT2D eigenvalue weighted by Gasteiger charge is 2.25. The Morgan fingerprint density at radius 1 is 1.48 bits per heavy atom. The number of ether oxygens (including phenoxy) is 1. The molecule has 0 bridgehead atoms. The number of nitrogens with one attached hydrogen (secondary N) is 1. The van der Waals surface area contributed by atoms with E-state index in [1.165, 1.54) is 13.2 Å². The summed E-state index contributed by atoms with van der Waals surface area (Å²) in [5.74, 6) is -0.456. The number of hydrogen-bond donors (Lipinski definition) is 1. The van der Waals surface area contributed by atoms with E-state index in [0.717, 1.165) is 12.1 Å². The molecule has 0 atom stereocenters. The molecule has 1 N–H and O–H groups in total. The minimum atomic E-state index is -4.04. The lowest BCUT2D eigenvalue weighted by Crippen LogP contribution is -2.26. The smallest absolute Gasteiger partial charge is 0.305 e. The molecule has 0 saturated carbocycles. The van der Waals surface area contributed by atoms with E-state index in [1.54, 1.807) is 0 Å². The van der Waals surface area contributed by atoms with Crippen LogP contribution in [0.3, 0.4) is 0 Å². The Morgan fingerprint density at radius 2 is 2.14 bits per heavy atom. The van der Waals surface area contributed by atoms with Crippen molar-refractivity contribution in [3.05, 3.63) is 32.8 Å². The fourth-order valence-corrected chi connectivity index (χ4v) is 3.25. The van der Waals surface area contributed by atoms with Crippen molar-refractivity contribution in [2.75, 3.05) is 13.7 Å². The molecule has 1 aromatic rings. The van der Waals surface area contributed by atoms with Crippen molar-refractivity contribution in [3.63, 3.8) is 0 Å². The molecule has 0 amide bonds. The summed E-state index contributed by atoms with van der Waals surface area (Å²) in [5, 5.41) is 10.9. The van der Waals surface area contributed by atoms with Gasteiger partial charge in [0.1, 0.15) is 0 Å². The Balaban J connectivity index is 2.85. The molecule has 8 nitrogen and oxygen atoms in total. The zero-order valence-corrected chi connectivity index (χ0v) is 13.4. The summed E-state index contributed by atoms with van der Waals surface area (Å²) in [5.41, 5.74) is -0.515. The third-order valence-corrected chi connectivity index (χ3v) is 4.47. The molecular weight excluding hydrogens is 368 g/mol. The summed E-state index contributed by atoms with van der Waals surface area (Å²) in [4.78, 5) is 20.6. The average Bonchev–Trinajstić information content (AvgIpc) is 2.42. The Morgan fingerprint density at radius 3 is 2.71 bits per heavy atom. The van der Waals surface area contributed by atoms with Crippen molar-refractivity contribution in [2.45, 2.75) is 17.7 Å². The van der Waals surface area contributed by atoms with Crippen LogP contribution in [0.25, 0.3) is 0 Å². The number of nitro groups is 1. The van der Waals surface area contributed by atoms with Crippen molar-refractivity contribution >= 4 is 37.6 Å². The average molecular weight is 381 g/mol. The molecule has 0 aliphatic heterocycles. The van der Waals surface area contributed by atoms with Crippen molar-refractivity contribution < 1.29 is 22.9 Å². The zero-order chi connectivity index (χ0) is 16.0. The van der Waals surface area contributed by atoms with Crippen LogP contribution in [0.5, 0.6) is 0 Å². The van der Waals surface area contributed by atoms with Gasteiger partial charge in [0.15, 0.2) is 4.90 Å². The lowest BCUT2D eigenvalue weighted by atomic mass is 10.3. The largest absolute Gasteiger partial charge is 0.469 e. The Kier molecular flexibility index (Phi) is 6.24. The fraction of sp³-hybridized carbons (Fsp3) is 0.364. The highest BCUT2D eigenvalue weighted by molar-refractivity contribution is 9.10. The van der Waals surface area contributed by atoms with E-state index in [-0.39, 0.29) is 19.4 Å². The van der Waals surface area contributed by atoms with E-state index < -0.39 is 31.5 Å². The van der Waals surface area contributed by atoms with Gasteiger partial charge in [-0.25, -0.2) is 13.1 Å².